The summed E-state index contributed by atoms with van der Waals surface area (Å²) >= 11 is 0. The van der Waals surface area contributed by atoms with Crippen molar-refractivity contribution in [1.82, 2.24) is 25.0 Å². The molecule has 2 heterocycles. The summed E-state index contributed by atoms with van der Waals surface area (Å²) in [5.74, 6) is 0.178. The smallest absolute Gasteiger partial charge is 0.117 e. The molecule has 0 aliphatic rings. The van der Waals surface area contributed by atoms with E-state index in [0.717, 1.165) is 22.5 Å². The van der Waals surface area contributed by atoms with Crippen LogP contribution in [0.5, 0.6) is 5.75 Å². The Morgan fingerprint density at radius 2 is 1.65 bits per heavy atom. The van der Waals surface area contributed by atoms with E-state index in [1.165, 1.54) is 0 Å². The second kappa shape index (κ2) is 6.13. The van der Waals surface area contributed by atoms with Crippen molar-refractivity contribution < 1.29 is 5.11 Å². The summed E-state index contributed by atoms with van der Waals surface area (Å²) in [7, 11) is 0. The van der Waals surface area contributed by atoms with E-state index in [0.29, 0.717) is 5.52 Å². The second-order valence-electron chi connectivity index (χ2n) is 4.80. The van der Waals surface area contributed by atoms with E-state index in [9.17, 15) is 5.11 Å². The van der Waals surface area contributed by atoms with E-state index in [4.69, 9.17) is 0 Å². The van der Waals surface area contributed by atoms with Crippen molar-refractivity contribution in [1.29, 1.82) is 0 Å². The van der Waals surface area contributed by atoms with Crippen LogP contribution in [0.15, 0.2) is 61.1 Å². The first-order valence-corrected chi connectivity index (χ1v) is 6.72. The highest BCUT2D eigenvalue weighted by Gasteiger charge is 2.06. The number of aromatic hydroxyl groups is 1. The molecule has 4 aromatic rings. The van der Waals surface area contributed by atoms with Crippen LogP contribution in [0.4, 0.5) is 0 Å². The van der Waals surface area contributed by atoms with Crippen LogP contribution < -0.4 is 0 Å². The number of hydrogen-bond acceptors (Lipinski definition) is 5. The van der Waals surface area contributed by atoms with Gasteiger partial charge in [-0.25, -0.2) is 0 Å². The average Bonchev–Trinajstić information content (AvgIpc) is 2.99. The van der Waals surface area contributed by atoms with E-state index in [1.807, 2.05) is 24.3 Å². The quantitative estimate of drug-likeness (QED) is 0.587. The molecule has 0 fully saturated rings. The lowest BCUT2D eigenvalue weighted by molar-refractivity contribution is 0.476. The van der Waals surface area contributed by atoms with Gasteiger partial charge in [-0.3, -0.25) is 9.97 Å². The molecule has 0 saturated carbocycles. The molecule has 23 heavy (non-hydrogen) atoms. The van der Waals surface area contributed by atoms with Crippen LogP contribution >= 0.6 is 17.0 Å². The van der Waals surface area contributed by atoms with Crippen molar-refractivity contribution in [3.05, 3.63) is 61.1 Å². The van der Waals surface area contributed by atoms with Crippen molar-refractivity contribution in [3.8, 4) is 22.7 Å². The summed E-state index contributed by atoms with van der Waals surface area (Å²) < 4.78 is 0. The monoisotopic (exact) mass is 369 g/mol. The fourth-order valence-corrected chi connectivity index (χ4v) is 2.23. The Hall–Kier alpha value is -2.80. The first kappa shape index (κ1) is 15.1. The minimum Gasteiger partial charge on any atom is -0.508 e. The molecule has 4 rings (SSSR count). The van der Waals surface area contributed by atoms with Crippen molar-refractivity contribution in [2.75, 3.05) is 0 Å². The molecule has 114 valence electrons. The van der Waals surface area contributed by atoms with Crippen molar-refractivity contribution in [3.63, 3.8) is 0 Å². The van der Waals surface area contributed by atoms with Gasteiger partial charge >= 0.3 is 0 Å². The standard InChI is InChI=1S/C16H11N5O.BrH/c22-13-5-6-14-15(9-13)20-21(19-14)12-3-1-11(2-4-12)16-10-17-7-8-18-16;/h1-10,22H;1H. The van der Waals surface area contributed by atoms with Gasteiger partial charge in [-0.1, -0.05) is 12.1 Å². The van der Waals surface area contributed by atoms with E-state index < -0.39 is 0 Å². The van der Waals surface area contributed by atoms with Crippen LogP contribution in [-0.4, -0.2) is 30.1 Å². The molecule has 0 saturated heterocycles. The number of aromatic nitrogens is 5. The second-order valence-corrected chi connectivity index (χ2v) is 4.80. The Labute approximate surface area is 142 Å². The minimum absolute atomic E-state index is 0. The number of benzene rings is 2. The van der Waals surface area contributed by atoms with Gasteiger partial charge in [-0.15, -0.1) is 27.2 Å². The number of rotatable bonds is 2. The van der Waals surface area contributed by atoms with Crippen LogP contribution in [0.2, 0.25) is 0 Å². The Balaban J connectivity index is 0.00000156. The Morgan fingerprint density at radius 1 is 0.870 bits per heavy atom. The van der Waals surface area contributed by atoms with Crippen molar-refractivity contribution in [2.24, 2.45) is 0 Å². The molecule has 7 heteroatoms. The first-order chi connectivity index (χ1) is 10.8. The van der Waals surface area contributed by atoms with E-state index >= 15 is 0 Å². The van der Waals surface area contributed by atoms with Gasteiger partial charge in [0.25, 0.3) is 0 Å². The highest BCUT2D eigenvalue weighted by molar-refractivity contribution is 8.93. The van der Waals surface area contributed by atoms with Gasteiger partial charge in [-0.2, -0.15) is 4.80 Å². The maximum Gasteiger partial charge on any atom is 0.117 e. The molecule has 0 amide bonds. The van der Waals surface area contributed by atoms with Gasteiger partial charge in [0.1, 0.15) is 16.8 Å². The topological polar surface area (TPSA) is 76.7 Å². The Kier molecular flexibility index (Phi) is 4.03. The molecule has 0 spiro atoms. The maximum atomic E-state index is 9.48. The zero-order chi connectivity index (χ0) is 14.9. The maximum absolute atomic E-state index is 9.48. The lowest BCUT2D eigenvalue weighted by atomic mass is 10.1. The third-order valence-electron chi connectivity index (χ3n) is 3.32. The van der Waals surface area contributed by atoms with Gasteiger partial charge in [0.15, 0.2) is 0 Å². The van der Waals surface area contributed by atoms with Crippen molar-refractivity contribution >= 4 is 28.0 Å². The van der Waals surface area contributed by atoms with Crippen LogP contribution in [0.1, 0.15) is 0 Å². The molecule has 1 N–H and O–H groups in total. The Bertz CT molecular complexity index is 938. The van der Waals surface area contributed by atoms with Crippen LogP contribution in [0.25, 0.3) is 28.0 Å². The third-order valence-corrected chi connectivity index (χ3v) is 3.32. The van der Waals surface area contributed by atoms with Crippen LogP contribution in [0, 0.1) is 0 Å². The number of nitrogens with zero attached hydrogens (tertiary/aromatic N) is 5. The van der Waals surface area contributed by atoms with Gasteiger partial charge in [0, 0.05) is 24.0 Å². The number of fused-ring (bicyclic) bond motifs is 1. The summed E-state index contributed by atoms with van der Waals surface area (Å²) in [6, 6.07) is 12.7. The van der Waals surface area contributed by atoms with Gasteiger partial charge < -0.3 is 5.11 Å². The summed E-state index contributed by atoms with van der Waals surface area (Å²) in [4.78, 5) is 9.88. The number of phenols is 1. The summed E-state index contributed by atoms with van der Waals surface area (Å²) in [5, 5.41) is 18.2. The largest absolute Gasteiger partial charge is 0.508 e. The molecular weight excluding hydrogens is 358 g/mol. The summed E-state index contributed by atoms with van der Waals surface area (Å²) in [5.41, 5.74) is 4.01. The number of halogens is 1. The summed E-state index contributed by atoms with van der Waals surface area (Å²) in [6.45, 7) is 0. The molecule has 2 aromatic carbocycles. The fourth-order valence-electron chi connectivity index (χ4n) is 2.23. The zero-order valence-corrected chi connectivity index (χ0v) is 13.6. The number of phenolic OH excluding ortho intramolecular Hbond substituents is 1. The summed E-state index contributed by atoms with van der Waals surface area (Å²) in [6.07, 6.45) is 5.03. The number of hydrogen-bond donors (Lipinski definition) is 1. The average molecular weight is 370 g/mol. The van der Waals surface area contributed by atoms with E-state index in [2.05, 4.69) is 20.2 Å². The molecule has 0 atom stereocenters. The zero-order valence-electron chi connectivity index (χ0n) is 11.9. The predicted molar refractivity (Wildman–Crippen MR) is 91.9 cm³/mol. The Morgan fingerprint density at radius 3 is 2.39 bits per heavy atom. The lowest BCUT2D eigenvalue weighted by Gasteiger charge is -2.02. The van der Waals surface area contributed by atoms with E-state index in [-0.39, 0.29) is 22.7 Å². The highest BCUT2D eigenvalue weighted by atomic mass is 79.9. The van der Waals surface area contributed by atoms with Crippen LogP contribution in [0.3, 0.4) is 0 Å². The minimum atomic E-state index is 0. The molecule has 2 aromatic heterocycles. The molecule has 0 aliphatic heterocycles. The molecule has 6 nitrogen and oxygen atoms in total. The first-order valence-electron chi connectivity index (χ1n) is 6.72. The predicted octanol–water partition coefficient (Wildman–Crippen LogP) is 3.16. The molecule has 0 radical (unpaired) electrons. The van der Waals surface area contributed by atoms with Gasteiger partial charge in [-0.05, 0) is 24.3 Å². The highest BCUT2D eigenvalue weighted by Crippen LogP contribution is 2.20. The van der Waals surface area contributed by atoms with Crippen molar-refractivity contribution in [2.45, 2.75) is 0 Å². The fraction of sp³-hybridized carbons (Fsp3) is 0. The molecule has 0 aliphatic carbocycles. The van der Waals surface area contributed by atoms with Gasteiger partial charge in [0.05, 0.1) is 17.6 Å². The SMILES string of the molecule is Br.Oc1ccc2nn(-c3ccc(-c4cnccn4)cc3)nc2c1. The van der Waals surface area contributed by atoms with E-state index in [1.54, 1.807) is 41.6 Å². The molecule has 0 bridgehead atoms. The van der Waals surface area contributed by atoms with Gasteiger partial charge in [0.2, 0.25) is 0 Å². The lowest BCUT2D eigenvalue weighted by Crippen LogP contribution is -1.98. The van der Waals surface area contributed by atoms with Crippen LogP contribution in [-0.2, 0) is 0 Å². The normalized spacial score (nSPS) is 10.4. The molecular formula is C16H12BrN5O. The third kappa shape index (κ3) is 2.91. The molecule has 0 unspecified atom stereocenters.